The summed E-state index contributed by atoms with van der Waals surface area (Å²) in [6.07, 6.45) is 1.76. The third-order valence-corrected chi connectivity index (χ3v) is 4.42. The Morgan fingerprint density at radius 1 is 1.12 bits per heavy atom. The molecule has 4 nitrogen and oxygen atoms in total. The zero-order chi connectivity index (χ0) is 18.0. The number of rotatable bonds is 4. The van der Waals surface area contributed by atoms with Crippen molar-refractivity contribution in [1.82, 2.24) is 5.32 Å². The first-order valence-corrected chi connectivity index (χ1v) is 8.52. The van der Waals surface area contributed by atoms with Crippen LogP contribution >= 0.6 is 12.2 Å². The van der Waals surface area contributed by atoms with E-state index in [0.29, 0.717) is 22.5 Å². The first-order valence-electron chi connectivity index (χ1n) is 8.11. The highest BCUT2D eigenvalue weighted by Gasteiger charge is 2.32. The van der Waals surface area contributed by atoms with E-state index < -0.39 is 0 Å². The standard InChI is InChI=1S/C20H20N2O2S/c1-13(2)14-8-10-16(11-9-14)22-19(23)17(21-20(22)25)12-15-6-4-5-7-18(15)24-3/h4-13H,1-3H3,(H,21,25)/b17-12-. The van der Waals surface area contributed by atoms with E-state index in [-0.39, 0.29) is 5.91 Å². The average molecular weight is 352 g/mol. The predicted molar refractivity (Wildman–Crippen MR) is 105 cm³/mol. The van der Waals surface area contributed by atoms with Gasteiger partial charge in [0.2, 0.25) is 0 Å². The summed E-state index contributed by atoms with van der Waals surface area (Å²) in [6, 6.07) is 15.4. The van der Waals surface area contributed by atoms with Gasteiger partial charge in [0.05, 0.1) is 12.8 Å². The van der Waals surface area contributed by atoms with Gasteiger partial charge in [-0.15, -0.1) is 0 Å². The summed E-state index contributed by atoms with van der Waals surface area (Å²) in [5.74, 6) is 0.970. The third kappa shape index (κ3) is 3.42. The van der Waals surface area contributed by atoms with Crippen LogP contribution in [0.2, 0.25) is 0 Å². The largest absolute Gasteiger partial charge is 0.496 e. The van der Waals surface area contributed by atoms with Crippen molar-refractivity contribution in [3.8, 4) is 5.75 Å². The van der Waals surface area contributed by atoms with E-state index in [4.69, 9.17) is 17.0 Å². The number of para-hydroxylation sites is 1. The number of benzene rings is 2. The van der Waals surface area contributed by atoms with E-state index in [2.05, 4.69) is 19.2 Å². The van der Waals surface area contributed by atoms with Crippen LogP contribution in [0, 0.1) is 0 Å². The summed E-state index contributed by atoms with van der Waals surface area (Å²) in [6.45, 7) is 4.27. The number of amides is 1. The van der Waals surface area contributed by atoms with Gasteiger partial charge in [-0.2, -0.15) is 0 Å². The molecule has 0 atom stereocenters. The molecule has 0 aliphatic carbocycles. The molecule has 1 aliphatic heterocycles. The fourth-order valence-electron chi connectivity index (χ4n) is 2.72. The molecular weight excluding hydrogens is 332 g/mol. The zero-order valence-corrected chi connectivity index (χ0v) is 15.3. The van der Waals surface area contributed by atoms with Crippen LogP contribution < -0.4 is 15.0 Å². The van der Waals surface area contributed by atoms with Crippen molar-refractivity contribution in [2.45, 2.75) is 19.8 Å². The number of nitrogens with zero attached hydrogens (tertiary/aromatic N) is 1. The highest BCUT2D eigenvalue weighted by molar-refractivity contribution is 7.80. The molecule has 2 aromatic rings. The van der Waals surface area contributed by atoms with Crippen LogP contribution in [0.15, 0.2) is 54.2 Å². The Morgan fingerprint density at radius 2 is 1.80 bits per heavy atom. The lowest BCUT2D eigenvalue weighted by molar-refractivity contribution is -0.113. The van der Waals surface area contributed by atoms with Gasteiger partial charge in [0.15, 0.2) is 5.11 Å². The lowest BCUT2D eigenvalue weighted by atomic mass is 10.0. The molecule has 128 valence electrons. The number of hydrogen-bond donors (Lipinski definition) is 1. The number of hydrogen-bond acceptors (Lipinski definition) is 3. The van der Waals surface area contributed by atoms with Crippen molar-refractivity contribution in [2.75, 3.05) is 12.0 Å². The molecule has 0 saturated carbocycles. The van der Waals surface area contributed by atoms with Gasteiger partial charge in [-0.25, -0.2) is 0 Å². The van der Waals surface area contributed by atoms with Gasteiger partial charge in [-0.1, -0.05) is 44.2 Å². The Kier molecular flexibility index (Phi) is 4.86. The van der Waals surface area contributed by atoms with Crippen molar-refractivity contribution in [3.63, 3.8) is 0 Å². The molecular formula is C20H20N2O2S. The molecule has 0 radical (unpaired) electrons. The molecule has 1 fully saturated rings. The summed E-state index contributed by atoms with van der Waals surface area (Å²) in [5, 5.41) is 3.38. The SMILES string of the molecule is COc1ccccc1/C=C1\NC(=S)N(c2ccc(C(C)C)cc2)C1=O. The minimum absolute atomic E-state index is 0.173. The van der Waals surface area contributed by atoms with Gasteiger partial charge in [-0.05, 0) is 48.0 Å². The van der Waals surface area contributed by atoms with Crippen molar-refractivity contribution in [1.29, 1.82) is 0 Å². The van der Waals surface area contributed by atoms with E-state index in [0.717, 1.165) is 11.3 Å². The first kappa shape index (κ1) is 17.2. The highest BCUT2D eigenvalue weighted by atomic mass is 32.1. The van der Waals surface area contributed by atoms with Crippen LogP contribution in [0.4, 0.5) is 5.69 Å². The second kappa shape index (κ2) is 7.07. The Hall–Kier alpha value is -2.66. The topological polar surface area (TPSA) is 41.6 Å². The molecule has 0 unspecified atom stereocenters. The van der Waals surface area contributed by atoms with E-state index >= 15 is 0 Å². The van der Waals surface area contributed by atoms with Gasteiger partial charge >= 0.3 is 0 Å². The highest BCUT2D eigenvalue weighted by Crippen LogP contribution is 2.26. The van der Waals surface area contributed by atoms with Gasteiger partial charge < -0.3 is 10.1 Å². The van der Waals surface area contributed by atoms with Crippen molar-refractivity contribution < 1.29 is 9.53 Å². The molecule has 0 spiro atoms. The second-order valence-corrected chi connectivity index (χ2v) is 6.50. The van der Waals surface area contributed by atoms with Gasteiger partial charge in [-0.3, -0.25) is 9.69 Å². The van der Waals surface area contributed by atoms with Crippen molar-refractivity contribution in [3.05, 3.63) is 65.4 Å². The molecule has 2 aromatic carbocycles. The van der Waals surface area contributed by atoms with E-state index in [1.807, 2.05) is 48.5 Å². The average Bonchev–Trinajstić information content (AvgIpc) is 2.89. The Labute approximate surface area is 153 Å². The van der Waals surface area contributed by atoms with Crippen LogP contribution in [0.3, 0.4) is 0 Å². The monoisotopic (exact) mass is 352 g/mol. The van der Waals surface area contributed by atoms with Gasteiger partial charge in [0.25, 0.3) is 5.91 Å². The van der Waals surface area contributed by atoms with E-state index in [9.17, 15) is 4.79 Å². The Balaban J connectivity index is 1.91. The number of anilines is 1. The Bertz CT molecular complexity index is 841. The molecule has 1 saturated heterocycles. The number of thiocarbonyl (C=S) groups is 1. The van der Waals surface area contributed by atoms with E-state index in [1.54, 1.807) is 13.2 Å². The lowest BCUT2D eigenvalue weighted by Crippen LogP contribution is -2.30. The fourth-order valence-corrected chi connectivity index (χ4v) is 3.02. The van der Waals surface area contributed by atoms with Gasteiger partial charge in [0.1, 0.15) is 11.4 Å². The first-order chi connectivity index (χ1) is 12.0. The minimum Gasteiger partial charge on any atom is -0.496 e. The van der Waals surface area contributed by atoms with Crippen LogP contribution in [0.5, 0.6) is 5.75 Å². The second-order valence-electron chi connectivity index (χ2n) is 6.12. The quantitative estimate of drug-likeness (QED) is 0.665. The van der Waals surface area contributed by atoms with Crippen LogP contribution in [0.25, 0.3) is 6.08 Å². The normalized spacial score (nSPS) is 15.8. The number of ether oxygens (including phenoxy) is 1. The minimum atomic E-state index is -0.173. The molecule has 1 N–H and O–H groups in total. The number of carbonyl (C=O) groups excluding carboxylic acids is 1. The smallest absolute Gasteiger partial charge is 0.281 e. The van der Waals surface area contributed by atoms with E-state index in [1.165, 1.54) is 10.5 Å². The van der Waals surface area contributed by atoms with Crippen molar-refractivity contribution >= 4 is 35.0 Å². The number of carbonyl (C=O) groups is 1. The summed E-state index contributed by atoms with van der Waals surface area (Å²) in [5.41, 5.74) is 3.23. The Morgan fingerprint density at radius 3 is 2.44 bits per heavy atom. The molecule has 1 heterocycles. The maximum atomic E-state index is 12.8. The van der Waals surface area contributed by atoms with Crippen molar-refractivity contribution in [2.24, 2.45) is 0 Å². The fraction of sp³-hybridized carbons (Fsp3) is 0.200. The molecule has 3 rings (SSSR count). The van der Waals surface area contributed by atoms with Crippen LogP contribution in [0.1, 0.15) is 30.9 Å². The maximum Gasteiger partial charge on any atom is 0.281 e. The summed E-state index contributed by atoms with van der Waals surface area (Å²) in [7, 11) is 1.61. The maximum absolute atomic E-state index is 12.8. The molecule has 1 amide bonds. The molecule has 0 aromatic heterocycles. The van der Waals surface area contributed by atoms with Gasteiger partial charge in [0, 0.05) is 5.56 Å². The van der Waals surface area contributed by atoms with Crippen LogP contribution in [-0.4, -0.2) is 18.1 Å². The lowest BCUT2D eigenvalue weighted by Gasteiger charge is -2.15. The zero-order valence-electron chi connectivity index (χ0n) is 14.4. The molecule has 5 heteroatoms. The summed E-state index contributed by atoms with van der Waals surface area (Å²) in [4.78, 5) is 14.3. The predicted octanol–water partition coefficient (Wildman–Crippen LogP) is 4.08. The summed E-state index contributed by atoms with van der Waals surface area (Å²) >= 11 is 5.36. The third-order valence-electron chi connectivity index (χ3n) is 4.13. The molecule has 0 bridgehead atoms. The van der Waals surface area contributed by atoms with Crippen LogP contribution in [-0.2, 0) is 4.79 Å². The molecule has 1 aliphatic rings. The summed E-state index contributed by atoms with van der Waals surface area (Å²) < 4.78 is 5.33. The number of methoxy groups -OCH3 is 1. The number of nitrogens with one attached hydrogen (secondary N) is 1. The molecule has 25 heavy (non-hydrogen) atoms.